The average Bonchev–Trinajstić information content (AvgIpc) is 3.16. The highest BCUT2D eigenvalue weighted by atomic mass is 15.6. The van der Waals surface area contributed by atoms with Crippen molar-refractivity contribution < 1.29 is 0 Å². The van der Waals surface area contributed by atoms with E-state index in [0.717, 1.165) is 12.4 Å². The van der Waals surface area contributed by atoms with Gasteiger partial charge in [0.1, 0.15) is 0 Å². The summed E-state index contributed by atoms with van der Waals surface area (Å²) in [5.41, 5.74) is 1.62. The summed E-state index contributed by atoms with van der Waals surface area (Å²) in [4.78, 5) is 0. The van der Waals surface area contributed by atoms with Gasteiger partial charge in [0.2, 0.25) is 0 Å². The highest BCUT2D eigenvalue weighted by molar-refractivity contribution is 5.08. The lowest BCUT2D eigenvalue weighted by Gasteiger charge is -2.16. The molecule has 2 saturated carbocycles. The third-order valence-corrected chi connectivity index (χ3v) is 4.02. The summed E-state index contributed by atoms with van der Waals surface area (Å²) in [7, 11) is 0. The van der Waals surface area contributed by atoms with Gasteiger partial charge in [0.05, 0.1) is 12.6 Å². The van der Waals surface area contributed by atoms with Crippen LogP contribution in [0.25, 0.3) is 0 Å². The Bertz CT molecular complexity index is 438. The minimum absolute atomic E-state index is 0.400. The van der Waals surface area contributed by atoms with Crippen LogP contribution in [0.2, 0.25) is 0 Å². The number of hydrogen-bond acceptors (Lipinski definition) is 4. The first-order chi connectivity index (χ1) is 9.33. The minimum atomic E-state index is 0.400. The molecule has 2 fully saturated rings. The third-order valence-electron chi connectivity index (χ3n) is 4.02. The summed E-state index contributed by atoms with van der Waals surface area (Å²) in [6.07, 6.45) is 11.5. The second-order valence-corrected chi connectivity index (χ2v) is 5.83. The van der Waals surface area contributed by atoms with Gasteiger partial charge < -0.3 is 5.32 Å². The second kappa shape index (κ2) is 5.82. The van der Waals surface area contributed by atoms with E-state index >= 15 is 0 Å². The van der Waals surface area contributed by atoms with Crippen LogP contribution in [0, 0.1) is 0 Å². The Hall–Kier alpha value is -1.23. The Morgan fingerprint density at radius 2 is 2.11 bits per heavy atom. The quantitative estimate of drug-likeness (QED) is 0.827. The zero-order valence-electron chi connectivity index (χ0n) is 11.7. The first-order valence-corrected chi connectivity index (χ1v) is 7.52. The summed E-state index contributed by atoms with van der Waals surface area (Å²) < 4.78 is 1.98. The predicted octanol–water partition coefficient (Wildman–Crippen LogP) is 2.38. The lowest BCUT2D eigenvalue weighted by molar-refractivity contribution is 0.534. The molecular formula is C14H23N5. The van der Waals surface area contributed by atoms with Gasteiger partial charge in [-0.2, -0.15) is 0 Å². The van der Waals surface area contributed by atoms with Crippen LogP contribution >= 0.6 is 0 Å². The lowest BCUT2D eigenvalue weighted by Crippen LogP contribution is -2.26. The van der Waals surface area contributed by atoms with Crippen molar-refractivity contribution in [2.45, 2.75) is 70.5 Å². The molecule has 0 aromatic carbocycles. The number of allylic oxidation sites excluding steroid dienone is 1. The van der Waals surface area contributed by atoms with Crippen molar-refractivity contribution in [3.63, 3.8) is 0 Å². The van der Waals surface area contributed by atoms with E-state index in [-0.39, 0.29) is 0 Å². The summed E-state index contributed by atoms with van der Waals surface area (Å²) >= 11 is 0. The summed E-state index contributed by atoms with van der Waals surface area (Å²) in [5, 5.41) is 15.5. The van der Waals surface area contributed by atoms with Crippen molar-refractivity contribution in [3.8, 4) is 0 Å². The van der Waals surface area contributed by atoms with Crippen LogP contribution in [0.1, 0.15) is 63.7 Å². The van der Waals surface area contributed by atoms with Crippen LogP contribution in [0.15, 0.2) is 11.6 Å². The number of rotatable bonds is 5. The first-order valence-electron chi connectivity index (χ1n) is 7.52. The molecule has 0 bridgehead atoms. The van der Waals surface area contributed by atoms with Gasteiger partial charge >= 0.3 is 0 Å². The van der Waals surface area contributed by atoms with E-state index in [2.05, 4.69) is 33.8 Å². The second-order valence-electron chi connectivity index (χ2n) is 5.83. The van der Waals surface area contributed by atoms with Crippen molar-refractivity contribution >= 4 is 0 Å². The number of tetrazole rings is 1. The molecule has 1 N–H and O–H groups in total. The van der Waals surface area contributed by atoms with E-state index < -0.39 is 0 Å². The third kappa shape index (κ3) is 3.41. The highest BCUT2D eigenvalue weighted by Gasteiger charge is 2.27. The molecule has 5 heteroatoms. The molecule has 104 valence electrons. The standard InChI is InChI=1S/C14H23N5/c1-11(9-12-5-3-2-4-6-12)15-10-14-16-17-18-19(14)13-7-8-13/h9,11,13,15H,2-8,10H2,1H3. The van der Waals surface area contributed by atoms with E-state index in [1.807, 2.05) is 4.68 Å². The van der Waals surface area contributed by atoms with Crippen molar-refractivity contribution in [2.24, 2.45) is 0 Å². The Morgan fingerprint density at radius 3 is 2.84 bits per heavy atom. The van der Waals surface area contributed by atoms with E-state index in [1.54, 1.807) is 5.57 Å². The van der Waals surface area contributed by atoms with Gasteiger partial charge in [0.25, 0.3) is 0 Å². The molecule has 2 aliphatic carbocycles. The summed E-state index contributed by atoms with van der Waals surface area (Å²) in [5.74, 6) is 0.969. The van der Waals surface area contributed by atoms with Crippen LogP contribution in [-0.2, 0) is 6.54 Å². The molecule has 0 spiro atoms. The largest absolute Gasteiger partial charge is 0.304 e. The van der Waals surface area contributed by atoms with Crippen molar-refractivity contribution in [1.82, 2.24) is 25.5 Å². The highest BCUT2D eigenvalue weighted by Crippen LogP contribution is 2.34. The molecule has 1 atom stereocenters. The van der Waals surface area contributed by atoms with Gasteiger partial charge in [-0.25, -0.2) is 4.68 Å². The zero-order valence-corrected chi connectivity index (χ0v) is 11.7. The zero-order chi connectivity index (χ0) is 13.1. The Labute approximate surface area is 114 Å². The molecule has 0 aliphatic heterocycles. The number of nitrogens with zero attached hydrogens (tertiary/aromatic N) is 4. The fourth-order valence-corrected chi connectivity index (χ4v) is 2.77. The molecule has 1 aromatic rings. The summed E-state index contributed by atoms with van der Waals surface area (Å²) in [6.45, 7) is 2.97. The smallest absolute Gasteiger partial charge is 0.165 e. The Kier molecular flexibility index (Phi) is 3.92. The van der Waals surface area contributed by atoms with Crippen molar-refractivity contribution in [1.29, 1.82) is 0 Å². The monoisotopic (exact) mass is 261 g/mol. The van der Waals surface area contributed by atoms with Gasteiger partial charge in [-0.1, -0.05) is 18.1 Å². The molecule has 2 aliphatic rings. The number of nitrogens with one attached hydrogen (secondary N) is 1. The van der Waals surface area contributed by atoms with Crippen LogP contribution in [-0.4, -0.2) is 26.2 Å². The van der Waals surface area contributed by atoms with Crippen molar-refractivity contribution in [2.75, 3.05) is 0 Å². The molecule has 1 unspecified atom stereocenters. The van der Waals surface area contributed by atoms with Crippen LogP contribution in [0.5, 0.6) is 0 Å². The fraction of sp³-hybridized carbons (Fsp3) is 0.786. The average molecular weight is 261 g/mol. The molecule has 19 heavy (non-hydrogen) atoms. The Balaban J connectivity index is 1.52. The predicted molar refractivity (Wildman–Crippen MR) is 73.6 cm³/mol. The van der Waals surface area contributed by atoms with E-state index in [4.69, 9.17) is 0 Å². The first kappa shape index (κ1) is 12.8. The number of hydrogen-bond donors (Lipinski definition) is 1. The molecular weight excluding hydrogens is 238 g/mol. The van der Waals surface area contributed by atoms with Gasteiger partial charge in [0.15, 0.2) is 5.82 Å². The Morgan fingerprint density at radius 1 is 1.32 bits per heavy atom. The van der Waals surface area contributed by atoms with Crippen LogP contribution < -0.4 is 5.32 Å². The maximum Gasteiger partial charge on any atom is 0.165 e. The summed E-state index contributed by atoms with van der Waals surface area (Å²) in [6, 6.07) is 0.955. The van der Waals surface area contributed by atoms with Crippen LogP contribution in [0.3, 0.4) is 0 Å². The molecule has 1 heterocycles. The normalized spacial score (nSPS) is 21.4. The lowest BCUT2D eigenvalue weighted by atomic mass is 9.93. The molecule has 0 radical (unpaired) electrons. The van der Waals surface area contributed by atoms with E-state index in [0.29, 0.717) is 12.1 Å². The molecule has 0 saturated heterocycles. The van der Waals surface area contributed by atoms with Crippen LogP contribution in [0.4, 0.5) is 0 Å². The SMILES string of the molecule is CC(C=C1CCCCC1)NCc1nnnn1C1CC1. The minimum Gasteiger partial charge on any atom is -0.304 e. The molecule has 1 aromatic heterocycles. The fourth-order valence-electron chi connectivity index (χ4n) is 2.77. The molecule has 3 rings (SSSR count). The molecule has 0 amide bonds. The van der Waals surface area contributed by atoms with E-state index in [9.17, 15) is 0 Å². The van der Waals surface area contributed by atoms with Gasteiger partial charge in [0, 0.05) is 6.04 Å². The van der Waals surface area contributed by atoms with Crippen molar-refractivity contribution in [3.05, 3.63) is 17.5 Å². The molecule has 5 nitrogen and oxygen atoms in total. The maximum absolute atomic E-state index is 4.11. The van der Waals surface area contributed by atoms with Gasteiger partial charge in [-0.05, 0) is 55.9 Å². The van der Waals surface area contributed by atoms with Gasteiger partial charge in [-0.15, -0.1) is 5.10 Å². The topological polar surface area (TPSA) is 55.6 Å². The van der Waals surface area contributed by atoms with Gasteiger partial charge in [-0.3, -0.25) is 0 Å². The number of aromatic nitrogens is 4. The maximum atomic E-state index is 4.11. The van der Waals surface area contributed by atoms with E-state index in [1.165, 1.54) is 44.9 Å².